The number of halogens is 3. The van der Waals surface area contributed by atoms with Crippen LogP contribution in [0.15, 0.2) is 4.40 Å². The lowest BCUT2D eigenvalue weighted by Crippen LogP contribution is -2.16. The highest BCUT2D eigenvalue weighted by atomic mass is 35.6. The van der Waals surface area contributed by atoms with Crippen molar-refractivity contribution in [2.45, 2.75) is 3.12 Å². The Hall–Kier alpha value is 0.200. The highest BCUT2D eigenvalue weighted by Gasteiger charge is 2.37. The zero-order valence-corrected chi connectivity index (χ0v) is 7.30. The monoisotopic (exact) mass is 223 g/mol. The molecule has 0 bridgehead atoms. The molecule has 0 aromatic heterocycles. The highest BCUT2D eigenvalue weighted by molar-refractivity contribution is 7.96. The van der Waals surface area contributed by atoms with Crippen LogP contribution in [-0.2, 0) is 14.8 Å². The van der Waals surface area contributed by atoms with Gasteiger partial charge in [0, 0.05) is 0 Å². The van der Waals surface area contributed by atoms with Gasteiger partial charge in [-0.25, -0.2) is 4.79 Å². The van der Waals surface area contributed by atoms with E-state index in [0.717, 1.165) is 6.08 Å². The topological polar surface area (TPSA) is 63.6 Å². The lowest BCUT2D eigenvalue weighted by atomic mass is 11.7. The maximum Gasteiger partial charge on any atom is 0.314 e. The summed E-state index contributed by atoms with van der Waals surface area (Å²) in [6.45, 7) is 0. The Balaban J connectivity index is 4.97. The molecule has 0 aromatic rings. The van der Waals surface area contributed by atoms with E-state index >= 15 is 0 Å². The van der Waals surface area contributed by atoms with Crippen LogP contribution in [0.4, 0.5) is 0 Å². The number of hydrogen-bond acceptors (Lipinski definition) is 3. The van der Waals surface area contributed by atoms with Crippen LogP contribution in [0.3, 0.4) is 0 Å². The first-order chi connectivity index (χ1) is 4.31. The Morgan fingerprint density at radius 1 is 1.30 bits per heavy atom. The molecule has 8 heteroatoms. The summed E-state index contributed by atoms with van der Waals surface area (Å²) in [4.78, 5) is 9.42. The molecule has 10 heavy (non-hydrogen) atoms. The average Bonchev–Trinajstić information content (AvgIpc) is 1.61. The van der Waals surface area contributed by atoms with Gasteiger partial charge in [0.05, 0.1) is 0 Å². The standard InChI is InChI=1S/C2Cl3NO3S/c3-2(4,5)10(8,9)6-1-7. The van der Waals surface area contributed by atoms with E-state index < -0.39 is 13.1 Å². The fourth-order valence-electron chi connectivity index (χ4n) is 0.101. The first-order valence-electron chi connectivity index (χ1n) is 1.71. The molecule has 0 atom stereocenters. The molecule has 0 rings (SSSR count). The predicted molar refractivity (Wildman–Crippen MR) is 37.3 cm³/mol. The van der Waals surface area contributed by atoms with Crippen LogP contribution in [0.25, 0.3) is 0 Å². The van der Waals surface area contributed by atoms with Gasteiger partial charge in [-0.1, -0.05) is 39.2 Å². The van der Waals surface area contributed by atoms with E-state index in [1.165, 1.54) is 0 Å². The third-order valence-corrected chi connectivity index (χ3v) is 3.10. The van der Waals surface area contributed by atoms with Crippen molar-refractivity contribution in [2.24, 2.45) is 4.40 Å². The second-order valence-corrected chi connectivity index (χ2v) is 5.80. The van der Waals surface area contributed by atoms with Crippen LogP contribution in [0.2, 0.25) is 0 Å². The molecule has 0 aliphatic carbocycles. The molecular formula is C2Cl3NO3S. The van der Waals surface area contributed by atoms with Crippen LogP contribution in [0.1, 0.15) is 0 Å². The van der Waals surface area contributed by atoms with Crippen molar-refractivity contribution in [2.75, 3.05) is 0 Å². The fraction of sp³-hybridized carbons (Fsp3) is 0.500. The Morgan fingerprint density at radius 3 is 1.80 bits per heavy atom. The second kappa shape index (κ2) is 3.07. The molecule has 4 nitrogen and oxygen atoms in total. The molecule has 0 aromatic carbocycles. The predicted octanol–water partition coefficient (Wildman–Crippen LogP) is 0.980. The summed E-state index contributed by atoms with van der Waals surface area (Å²) in [6, 6.07) is 0. The van der Waals surface area contributed by atoms with Gasteiger partial charge in [0.1, 0.15) is 0 Å². The van der Waals surface area contributed by atoms with E-state index in [1.54, 1.807) is 0 Å². The highest BCUT2D eigenvalue weighted by Crippen LogP contribution is 2.33. The molecule has 0 radical (unpaired) electrons. The Kier molecular flexibility index (Phi) is 3.13. The number of carbonyl (C=O) groups excluding carboxylic acids is 1. The molecule has 0 fully saturated rings. The average molecular weight is 224 g/mol. The van der Waals surface area contributed by atoms with Crippen molar-refractivity contribution in [3.63, 3.8) is 0 Å². The maximum atomic E-state index is 10.4. The number of hydrogen-bond donors (Lipinski definition) is 0. The van der Waals surface area contributed by atoms with E-state index in [4.69, 9.17) is 34.8 Å². The van der Waals surface area contributed by atoms with Crippen LogP contribution in [0, 0.1) is 0 Å². The van der Waals surface area contributed by atoms with Gasteiger partial charge in [0.15, 0.2) is 0 Å². The molecule has 0 N–H and O–H groups in total. The van der Waals surface area contributed by atoms with Crippen molar-refractivity contribution in [3.8, 4) is 0 Å². The fourth-order valence-corrected chi connectivity index (χ4v) is 0.613. The van der Waals surface area contributed by atoms with Crippen molar-refractivity contribution in [3.05, 3.63) is 0 Å². The van der Waals surface area contributed by atoms with Gasteiger partial charge < -0.3 is 0 Å². The van der Waals surface area contributed by atoms with E-state index in [-0.39, 0.29) is 0 Å². The Morgan fingerprint density at radius 2 is 1.70 bits per heavy atom. The molecule has 58 valence electrons. The first kappa shape index (κ1) is 10.2. The van der Waals surface area contributed by atoms with Gasteiger partial charge >= 0.3 is 13.1 Å². The molecule has 0 spiro atoms. The minimum Gasteiger partial charge on any atom is -0.210 e. The zero-order chi connectivity index (χ0) is 8.41. The molecule has 0 amide bonds. The van der Waals surface area contributed by atoms with Crippen molar-refractivity contribution < 1.29 is 13.2 Å². The third kappa shape index (κ3) is 2.44. The summed E-state index contributed by atoms with van der Waals surface area (Å²) >= 11 is 14.6. The normalized spacial score (nSPS) is 12.3. The van der Waals surface area contributed by atoms with Gasteiger partial charge in [-0.2, -0.15) is 8.42 Å². The SMILES string of the molecule is O=C=NS(=O)(=O)C(Cl)(Cl)Cl. The molecular weight excluding hydrogens is 224 g/mol. The lowest BCUT2D eigenvalue weighted by Gasteiger charge is -2.03. The molecule has 0 saturated carbocycles. The molecule has 0 heterocycles. The zero-order valence-electron chi connectivity index (χ0n) is 4.21. The quantitative estimate of drug-likeness (QED) is 0.379. The van der Waals surface area contributed by atoms with E-state index in [2.05, 4.69) is 4.40 Å². The number of rotatable bonds is 1. The minimum absolute atomic E-state index is 0.748. The molecule has 0 unspecified atom stereocenters. The maximum absolute atomic E-state index is 10.4. The lowest BCUT2D eigenvalue weighted by molar-refractivity contribution is 0.563. The van der Waals surface area contributed by atoms with Crippen molar-refractivity contribution in [1.82, 2.24) is 0 Å². The summed E-state index contributed by atoms with van der Waals surface area (Å²) in [5.74, 6) is 0. The second-order valence-electron chi connectivity index (χ2n) is 1.10. The van der Waals surface area contributed by atoms with Gasteiger partial charge in [-0.15, -0.1) is 0 Å². The van der Waals surface area contributed by atoms with Crippen LogP contribution < -0.4 is 0 Å². The Bertz CT molecular complexity index is 258. The smallest absolute Gasteiger partial charge is 0.210 e. The van der Waals surface area contributed by atoms with Crippen LogP contribution >= 0.6 is 34.8 Å². The Labute approximate surface area is 71.8 Å². The largest absolute Gasteiger partial charge is 0.314 e. The van der Waals surface area contributed by atoms with E-state index in [1.807, 2.05) is 0 Å². The van der Waals surface area contributed by atoms with Gasteiger partial charge in [0.25, 0.3) is 6.08 Å². The van der Waals surface area contributed by atoms with E-state index in [9.17, 15) is 13.2 Å². The number of sulfonamides is 1. The first-order valence-corrected chi connectivity index (χ1v) is 4.29. The van der Waals surface area contributed by atoms with Gasteiger partial charge in [-0.05, 0) is 0 Å². The molecule has 0 aliphatic rings. The summed E-state index contributed by atoms with van der Waals surface area (Å²) < 4.78 is 20.6. The number of nitrogens with zero attached hydrogens (tertiary/aromatic N) is 1. The number of alkyl halides is 3. The third-order valence-electron chi connectivity index (χ3n) is 0.450. The van der Waals surface area contributed by atoms with Crippen molar-refractivity contribution in [1.29, 1.82) is 0 Å². The number of isocyanates is 1. The van der Waals surface area contributed by atoms with E-state index in [0.29, 0.717) is 0 Å². The van der Waals surface area contributed by atoms with Crippen LogP contribution in [0.5, 0.6) is 0 Å². The summed E-state index contributed by atoms with van der Waals surface area (Å²) in [5, 5.41) is 0. The van der Waals surface area contributed by atoms with Crippen molar-refractivity contribution >= 4 is 50.9 Å². The molecule has 0 saturated heterocycles. The minimum atomic E-state index is -4.35. The summed E-state index contributed by atoms with van der Waals surface area (Å²) in [5.41, 5.74) is 0. The van der Waals surface area contributed by atoms with Gasteiger partial charge in [0.2, 0.25) is 0 Å². The van der Waals surface area contributed by atoms with Crippen LogP contribution in [-0.4, -0.2) is 17.6 Å². The summed E-state index contributed by atoms with van der Waals surface area (Å²) in [7, 11) is -4.35. The molecule has 0 aliphatic heterocycles. The summed E-state index contributed by atoms with van der Waals surface area (Å²) in [6.07, 6.45) is 0.748. The van der Waals surface area contributed by atoms with Gasteiger partial charge in [-0.3, -0.25) is 0 Å².